The highest BCUT2D eigenvalue weighted by atomic mass is 19.3. The fraction of sp³-hybridized carbons (Fsp3) is 0.118. The summed E-state index contributed by atoms with van der Waals surface area (Å²) in [6.07, 6.45) is -4.70. The topological polar surface area (TPSA) is 54.1 Å². The molecule has 0 aliphatic carbocycles. The quantitative estimate of drug-likeness (QED) is 0.500. The second-order valence-corrected chi connectivity index (χ2v) is 5.50. The third-order valence-corrected chi connectivity index (χ3v) is 3.73. The van der Waals surface area contributed by atoms with Gasteiger partial charge in [-0.25, -0.2) is 14.3 Å². The summed E-state index contributed by atoms with van der Waals surface area (Å²) in [4.78, 5) is 17.5. The van der Waals surface area contributed by atoms with E-state index in [1.807, 2.05) is 0 Å². The minimum atomic E-state index is -5.18. The molecule has 0 atom stereocenters. The molecule has 2 N–H and O–H groups in total. The number of H-pyrrole nitrogens is 1. The molecule has 0 unspecified atom stereocenters. The smallest absolute Gasteiger partial charge is 0.361 e. The molecule has 0 saturated carbocycles. The summed E-state index contributed by atoms with van der Waals surface area (Å²) in [6, 6.07) is 7.85. The number of hydrogen-bond donors (Lipinski definition) is 2. The fourth-order valence-corrected chi connectivity index (χ4v) is 2.36. The van der Waals surface area contributed by atoms with Crippen molar-refractivity contribution in [2.45, 2.75) is 12.0 Å². The van der Waals surface area contributed by atoms with Gasteiger partial charge in [0.05, 0.1) is 5.56 Å². The molecule has 3 aromatic rings. The Bertz CT molecular complexity index is 988. The molecule has 0 radical (unpaired) electrons. The van der Waals surface area contributed by atoms with Gasteiger partial charge in [-0.05, 0) is 18.2 Å². The third-order valence-electron chi connectivity index (χ3n) is 3.73. The van der Waals surface area contributed by atoms with E-state index < -0.39 is 40.5 Å². The van der Waals surface area contributed by atoms with Gasteiger partial charge in [0.25, 0.3) is 5.91 Å². The molecule has 4 nitrogen and oxygen atoms in total. The molecule has 0 aliphatic heterocycles. The van der Waals surface area contributed by atoms with E-state index >= 15 is 0 Å². The summed E-state index contributed by atoms with van der Waals surface area (Å²) in [5, 5.41) is -0.656. The largest absolute Gasteiger partial charge is 0.444 e. The molecular formula is C17H10F6N2O2. The van der Waals surface area contributed by atoms with Crippen molar-refractivity contribution in [3.8, 4) is 0 Å². The molecular weight excluding hydrogens is 378 g/mol. The lowest BCUT2D eigenvalue weighted by Crippen LogP contribution is -2.45. The number of carbonyl (C=O) groups is 1. The molecule has 1 amide bonds. The van der Waals surface area contributed by atoms with Crippen LogP contribution in [-0.4, -0.2) is 17.0 Å². The molecule has 1 heterocycles. The zero-order valence-corrected chi connectivity index (χ0v) is 13.2. The van der Waals surface area contributed by atoms with Crippen LogP contribution in [0.4, 0.5) is 26.3 Å². The summed E-state index contributed by atoms with van der Waals surface area (Å²) >= 11 is 0. The van der Waals surface area contributed by atoms with Gasteiger partial charge in [-0.2, -0.15) is 22.4 Å². The Hall–Kier alpha value is -3.01. The van der Waals surface area contributed by atoms with Gasteiger partial charge in [0, 0.05) is 28.7 Å². The average Bonchev–Trinajstić information content (AvgIpc) is 3.04. The lowest BCUT2D eigenvalue weighted by atomic mass is 10.1. The van der Waals surface area contributed by atoms with Crippen molar-refractivity contribution in [3.05, 3.63) is 71.4 Å². The predicted octanol–water partition coefficient (Wildman–Crippen LogP) is 4.49. The van der Waals surface area contributed by atoms with E-state index in [4.69, 9.17) is 0 Å². The number of nitrogens with one attached hydrogen (secondary N) is 2. The van der Waals surface area contributed by atoms with Crippen molar-refractivity contribution in [3.63, 3.8) is 0 Å². The van der Waals surface area contributed by atoms with E-state index in [0.29, 0.717) is 18.3 Å². The minimum absolute atomic E-state index is 0.0961. The maximum atomic E-state index is 14.3. The van der Waals surface area contributed by atoms with Gasteiger partial charge in [-0.15, -0.1) is 0 Å². The second-order valence-electron chi connectivity index (χ2n) is 5.50. The van der Waals surface area contributed by atoms with Gasteiger partial charge in [0.2, 0.25) is 0 Å². The highest BCUT2D eigenvalue weighted by Crippen LogP contribution is 2.45. The molecule has 0 fully saturated rings. The van der Waals surface area contributed by atoms with Gasteiger partial charge in [0.1, 0.15) is 0 Å². The molecule has 2 aromatic carbocycles. The first kappa shape index (κ1) is 18.8. The van der Waals surface area contributed by atoms with Crippen molar-refractivity contribution in [2.24, 2.45) is 0 Å². The first-order chi connectivity index (χ1) is 12.6. The van der Waals surface area contributed by atoms with Crippen molar-refractivity contribution in [1.29, 1.82) is 0 Å². The number of hydrogen-bond acceptors (Lipinski definition) is 2. The Kier molecular flexibility index (Phi) is 4.60. The van der Waals surface area contributed by atoms with Crippen LogP contribution in [0.5, 0.6) is 0 Å². The maximum Gasteiger partial charge on any atom is 0.444 e. The Morgan fingerprint density at radius 1 is 1.00 bits per heavy atom. The number of aromatic nitrogens is 1. The number of benzene rings is 2. The second kappa shape index (κ2) is 6.62. The summed E-state index contributed by atoms with van der Waals surface area (Å²) in [7, 11) is 0. The lowest BCUT2D eigenvalue weighted by molar-refractivity contribution is -0.367. The summed E-state index contributed by atoms with van der Waals surface area (Å²) in [5.41, 5.74) is -0.469. The number of hydroxylamine groups is 1. The molecule has 0 saturated heterocycles. The maximum absolute atomic E-state index is 14.3. The van der Waals surface area contributed by atoms with E-state index in [2.05, 4.69) is 9.82 Å². The first-order valence-corrected chi connectivity index (χ1v) is 7.39. The number of carbonyl (C=O) groups excluding carboxylic acids is 1. The Balaban J connectivity index is 1.86. The zero-order chi connectivity index (χ0) is 19.8. The fourth-order valence-electron chi connectivity index (χ4n) is 2.36. The SMILES string of the molecule is O=C(NOC(F)(F)C(F)(F)c1c[nH]c2cc(F)c(F)cc12)c1ccccc1. The molecule has 0 spiro atoms. The van der Waals surface area contributed by atoms with Crippen LogP contribution in [0, 0.1) is 11.6 Å². The molecule has 10 heteroatoms. The molecule has 1 aromatic heterocycles. The zero-order valence-electron chi connectivity index (χ0n) is 13.2. The summed E-state index contributed by atoms with van der Waals surface area (Å²) in [5.74, 6) is -8.96. The van der Waals surface area contributed by atoms with Crippen LogP contribution >= 0.6 is 0 Å². The Morgan fingerprint density at radius 3 is 2.30 bits per heavy atom. The molecule has 27 heavy (non-hydrogen) atoms. The molecule has 142 valence electrons. The Labute approximate surface area is 147 Å². The number of alkyl halides is 4. The number of halogens is 6. The minimum Gasteiger partial charge on any atom is -0.361 e. The third kappa shape index (κ3) is 3.35. The van der Waals surface area contributed by atoms with Gasteiger partial charge in [0.15, 0.2) is 11.6 Å². The summed E-state index contributed by atoms with van der Waals surface area (Å²) in [6.45, 7) is 0. The van der Waals surface area contributed by atoms with Gasteiger partial charge in [-0.1, -0.05) is 18.2 Å². The first-order valence-electron chi connectivity index (χ1n) is 7.39. The lowest BCUT2D eigenvalue weighted by Gasteiger charge is -2.25. The Morgan fingerprint density at radius 2 is 1.63 bits per heavy atom. The van der Waals surface area contributed by atoms with E-state index in [-0.39, 0.29) is 11.1 Å². The molecule has 0 aliphatic rings. The highest BCUT2D eigenvalue weighted by Gasteiger charge is 2.61. The van der Waals surface area contributed by atoms with Gasteiger partial charge >= 0.3 is 12.0 Å². The predicted molar refractivity (Wildman–Crippen MR) is 82.0 cm³/mol. The number of aromatic amines is 1. The summed E-state index contributed by atoms with van der Waals surface area (Å²) < 4.78 is 83.1. The van der Waals surface area contributed by atoms with E-state index in [1.165, 1.54) is 29.7 Å². The highest BCUT2D eigenvalue weighted by molar-refractivity contribution is 5.93. The van der Waals surface area contributed by atoms with Crippen molar-refractivity contribution >= 4 is 16.8 Å². The van der Waals surface area contributed by atoms with Crippen LogP contribution in [0.25, 0.3) is 10.9 Å². The molecule has 0 bridgehead atoms. The monoisotopic (exact) mass is 388 g/mol. The van der Waals surface area contributed by atoms with Crippen LogP contribution in [-0.2, 0) is 10.8 Å². The van der Waals surface area contributed by atoms with Crippen LogP contribution in [0.3, 0.4) is 0 Å². The van der Waals surface area contributed by atoms with E-state index in [0.717, 1.165) is 0 Å². The van der Waals surface area contributed by atoms with Crippen LogP contribution in [0.1, 0.15) is 15.9 Å². The average molecular weight is 388 g/mol. The molecule has 3 rings (SSSR count). The van der Waals surface area contributed by atoms with Crippen molar-refractivity contribution < 1.29 is 36.0 Å². The van der Waals surface area contributed by atoms with Crippen molar-refractivity contribution in [2.75, 3.05) is 0 Å². The van der Waals surface area contributed by atoms with E-state index in [9.17, 15) is 31.1 Å². The van der Waals surface area contributed by atoms with Crippen LogP contribution in [0.2, 0.25) is 0 Å². The standard InChI is InChI=1S/C17H10F6N2O2/c18-12-6-10-11(8-24-14(10)7-13(12)19)16(20,21)17(22,23)27-25-15(26)9-4-2-1-3-5-9/h1-8,24H,(H,25,26). The van der Waals surface area contributed by atoms with Gasteiger partial charge in [-0.3, -0.25) is 4.79 Å². The van der Waals surface area contributed by atoms with E-state index in [1.54, 1.807) is 6.07 Å². The number of fused-ring (bicyclic) bond motifs is 1. The van der Waals surface area contributed by atoms with Crippen LogP contribution in [0.15, 0.2) is 48.7 Å². The number of rotatable bonds is 5. The van der Waals surface area contributed by atoms with Crippen molar-refractivity contribution in [1.82, 2.24) is 10.5 Å². The van der Waals surface area contributed by atoms with Crippen LogP contribution < -0.4 is 5.48 Å². The normalized spacial score (nSPS) is 12.4. The number of amides is 1. The van der Waals surface area contributed by atoms with Gasteiger partial charge < -0.3 is 4.98 Å².